The Balaban J connectivity index is 2.84. The summed E-state index contributed by atoms with van der Waals surface area (Å²) in [5, 5.41) is 9.10. The second kappa shape index (κ2) is 2.01. The lowest BCUT2D eigenvalue weighted by atomic mass is 10.2. The third-order valence-corrected chi connectivity index (χ3v) is 1.15. The first-order valence-corrected chi connectivity index (χ1v) is 2.68. The van der Waals surface area contributed by atoms with E-state index in [-0.39, 0.29) is 5.96 Å². The molecule has 1 heterocycles. The third kappa shape index (κ3) is 1.13. The standard InChI is InChI=1S/C4H9N5O/c5-2-4(7,10)1-8-3(6)9-2/h1-2,10H,5,7H2,(H2,6,9). The lowest BCUT2D eigenvalue weighted by Crippen LogP contribution is -2.58. The van der Waals surface area contributed by atoms with Crippen LogP contribution in [0.5, 0.6) is 0 Å². The summed E-state index contributed by atoms with van der Waals surface area (Å²) in [6.45, 7) is 0. The largest absolute Gasteiger partial charge is 0.368 e. The summed E-state index contributed by atoms with van der Waals surface area (Å²) >= 11 is 0. The zero-order chi connectivity index (χ0) is 7.78. The van der Waals surface area contributed by atoms with Crippen molar-refractivity contribution in [1.29, 1.82) is 0 Å². The highest BCUT2D eigenvalue weighted by Gasteiger charge is 2.30. The van der Waals surface area contributed by atoms with Crippen LogP contribution in [0.3, 0.4) is 0 Å². The fourth-order valence-electron chi connectivity index (χ4n) is 0.525. The highest BCUT2D eigenvalue weighted by molar-refractivity contribution is 5.91. The maximum atomic E-state index is 9.10. The predicted octanol–water partition coefficient (Wildman–Crippen LogP) is -2.68. The van der Waals surface area contributed by atoms with Crippen molar-refractivity contribution >= 4 is 12.2 Å². The second-order valence-electron chi connectivity index (χ2n) is 2.08. The van der Waals surface area contributed by atoms with E-state index in [2.05, 4.69) is 9.98 Å². The highest BCUT2D eigenvalue weighted by Crippen LogP contribution is 2.03. The van der Waals surface area contributed by atoms with Gasteiger partial charge in [-0.3, -0.25) is 5.73 Å². The monoisotopic (exact) mass is 143 g/mol. The Kier molecular flexibility index (Phi) is 1.43. The van der Waals surface area contributed by atoms with Gasteiger partial charge >= 0.3 is 0 Å². The molecule has 0 radical (unpaired) electrons. The first kappa shape index (κ1) is 7.13. The van der Waals surface area contributed by atoms with Gasteiger partial charge in [-0.2, -0.15) is 0 Å². The van der Waals surface area contributed by atoms with E-state index in [1.54, 1.807) is 0 Å². The molecule has 0 aliphatic carbocycles. The number of nitrogens with zero attached hydrogens (tertiary/aromatic N) is 2. The average Bonchev–Trinajstić information content (AvgIpc) is 1.81. The van der Waals surface area contributed by atoms with E-state index >= 15 is 0 Å². The van der Waals surface area contributed by atoms with Crippen LogP contribution >= 0.6 is 0 Å². The van der Waals surface area contributed by atoms with Crippen LogP contribution < -0.4 is 17.2 Å². The van der Waals surface area contributed by atoms with Crippen LogP contribution in [0.2, 0.25) is 0 Å². The highest BCUT2D eigenvalue weighted by atomic mass is 16.3. The molecule has 2 unspecified atom stereocenters. The fraction of sp³-hybridized carbons (Fsp3) is 0.500. The van der Waals surface area contributed by atoms with Gasteiger partial charge in [0.05, 0.1) is 6.21 Å². The Morgan fingerprint density at radius 2 is 2.30 bits per heavy atom. The summed E-state index contributed by atoms with van der Waals surface area (Å²) in [5.41, 5.74) is 14.0. The van der Waals surface area contributed by atoms with Crippen LogP contribution in [0, 0.1) is 0 Å². The summed E-state index contributed by atoms with van der Waals surface area (Å²) in [5.74, 6) is 0.0302. The molecule has 0 bridgehead atoms. The van der Waals surface area contributed by atoms with Crippen LogP contribution in [-0.4, -0.2) is 29.2 Å². The van der Waals surface area contributed by atoms with E-state index < -0.39 is 11.9 Å². The number of aliphatic hydroxyl groups is 1. The Morgan fingerprint density at radius 3 is 2.70 bits per heavy atom. The second-order valence-corrected chi connectivity index (χ2v) is 2.08. The van der Waals surface area contributed by atoms with Crippen LogP contribution in [0.15, 0.2) is 9.98 Å². The van der Waals surface area contributed by atoms with Gasteiger partial charge in [-0.1, -0.05) is 0 Å². The molecule has 0 spiro atoms. The SMILES string of the molecule is NC1=NC(N)C(N)(O)C=N1. The number of nitrogens with two attached hydrogens (primary N) is 3. The van der Waals surface area contributed by atoms with E-state index in [0.717, 1.165) is 6.21 Å². The van der Waals surface area contributed by atoms with Gasteiger partial charge in [0.2, 0.25) is 5.96 Å². The number of hydrogen-bond donors (Lipinski definition) is 4. The minimum atomic E-state index is -1.66. The van der Waals surface area contributed by atoms with Crippen molar-refractivity contribution < 1.29 is 5.11 Å². The van der Waals surface area contributed by atoms with Gasteiger partial charge in [0.1, 0.15) is 6.17 Å². The predicted molar refractivity (Wildman–Crippen MR) is 37.2 cm³/mol. The molecule has 6 heteroatoms. The van der Waals surface area contributed by atoms with Gasteiger partial charge in [-0.05, 0) is 0 Å². The van der Waals surface area contributed by atoms with Crippen molar-refractivity contribution in [2.75, 3.05) is 0 Å². The average molecular weight is 143 g/mol. The first-order valence-electron chi connectivity index (χ1n) is 2.68. The maximum absolute atomic E-state index is 9.10. The molecular formula is C4H9N5O. The molecule has 0 aromatic carbocycles. The Bertz CT molecular complexity index is 196. The molecule has 0 aromatic rings. The summed E-state index contributed by atoms with van der Waals surface area (Å²) in [7, 11) is 0. The van der Waals surface area contributed by atoms with Crippen LogP contribution in [0.1, 0.15) is 0 Å². The van der Waals surface area contributed by atoms with Gasteiger partial charge in [0, 0.05) is 0 Å². The van der Waals surface area contributed by atoms with E-state index in [9.17, 15) is 0 Å². The summed E-state index contributed by atoms with van der Waals surface area (Å²) < 4.78 is 0. The van der Waals surface area contributed by atoms with Gasteiger partial charge in [0.15, 0.2) is 5.72 Å². The molecule has 0 saturated carbocycles. The molecule has 0 aromatic heterocycles. The van der Waals surface area contributed by atoms with E-state index in [1.807, 2.05) is 0 Å². The molecule has 10 heavy (non-hydrogen) atoms. The van der Waals surface area contributed by atoms with Crippen molar-refractivity contribution in [2.45, 2.75) is 11.9 Å². The molecule has 6 nitrogen and oxygen atoms in total. The van der Waals surface area contributed by atoms with Crippen molar-refractivity contribution in [1.82, 2.24) is 0 Å². The molecule has 0 fully saturated rings. The number of guanidine groups is 1. The molecule has 0 amide bonds. The normalized spacial score (nSPS) is 39.5. The summed E-state index contributed by atoms with van der Waals surface area (Å²) in [6.07, 6.45) is 0.144. The van der Waals surface area contributed by atoms with Crippen LogP contribution in [0.25, 0.3) is 0 Å². The zero-order valence-corrected chi connectivity index (χ0v) is 5.23. The Morgan fingerprint density at radius 1 is 1.70 bits per heavy atom. The van der Waals surface area contributed by atoms with E-state index in [0.29, 0.717) is 0 Å². The Hall–Kier alpha value is -0.980. The molecule has 56 valence electrons. The van der Waals surface area contributed by atoms with E-state index in [1.165, 1.54) is 0 Å². The van der Waals surface area contributed by atoms with Crippen LogP contribution in [-0.2, 0) is 0 Å². The van der Waals surface area contributed by atoms with Gasteiger partial charge in [-0.25, -0.2) is 9.98 Å². The van der Waals surface area contributed by atoms with Crippen molar-refractivity contribution in [3.63, 3.8) is 0 Å². The minimum absolute atomic E-state index is 0.0302. The summed E-state index contributed by atoms with van der Waals surface area (Å²) in [4.78, 5) is 7.02. The minimum Gasteiger partial charge on any atom is -0.368 e. The lowest BCUT2D eigenvalue weighted by Gasteiger charge is -2.24. The molecule has 1 aliphatic rings. The summed E-state index contributed by atoms with van der Waals surface area (Å²) in [6, 6.07) is 0. The van der Waals surface area contributed by atoms with Gasteiger partial charge in [-0.15, -0.1) is 0 Å². The zero-order valence-electron chi connectivity index (χ0n) is 5.23. The van der Waals surface area contributed by atoms with E-state index in [4.69, 9.17) is 22.3 Å². The van der Waals surface area contributed by atoms with Crippen molar-refractivity contribution in [3.05, 3.63) is 0 Å². The van der Waals surface area contributed by atoms with Crippen molar-refractivity contribution in [2.24, 2.45) is 27.2 Å². The number of hydrogen-bond acceptors (Lipinski definition) is 6. The lowest BCUT2D eigenvalue weighted by molar-refractivity contribution is 0.0964. The molecule has 1 aliphatic heterocycles. The fourth-order valence-corrected chi connectivity index (χ4v) is 0.525. The number of rotatable bonds is 0. The first-order chi connectivity index (χ1) is 4.52. The topological polar surface area (TPSA) is 123 Å². The molecule has 1 rings (SSSR count). The van der Waals surface area contributed by atoms with Crippen LogP contribution in [0.4, 0.5) is 0 Å². The Labute approximate surface area is 57.4 Å². The van der Waals surface area contributed by atoms with Crippen molar-refractivity contribution in [3.8, 4) is 0 Å². The quantitative estimate of drug-likeness (QED) is 0.276. The van der Waals surface area contributed by atoms with Gasteiger partial charge < -0.3 is 16.6 Å². The molecule has 0 saturated heterocycles. The molecule has 7 N–H and O–H groups in total. The van der Waals surface area contributed by atoms with Gasteiger partial charge in [0.25, 0.3) is 0 Å². The maximum Gasteiger partial charge on any atom is 0.216 e. The molecule has 2 atom stereocenters. The smallest absolute Gasteiger partial charge is 0.216 e. The third-order valence-electron chi connectivity index (χ3n) is 1.15. The number of aliphatic imine (C=N–C) groups is 2. The molecular weight excluding hydrogens is 134 g/mol.